The molecule has 3 saturated carbocycles. The summed E-state index contributed by atoms with van der Waals surface area (Å²) in [7, 11) is 0. The van der Waals surface area contributed by atoms with E-state index >= 15 is 0 Å². The van der Waals surface area contributed by atoms with Gasteiger partial charge in [0, 0.05) is 28.8 Å². The summed E-state index contributed by atoms with van der Waals surface area (Å²) in [6.07, 6.45) is 8.59. The Hall–Kier alpha value is -1.26. The van der Waals surface area contributed by atoms with E-state index < -0.39 is 0 Å². The Morgan fingerprint density at radius 1 is 1.00 bits per heavy atom. The largest absolute Gasteiger partial charge is 0.508 e. The highest BCUT2D eigenvalue weighted by Gasteiger charge is 2.52. The second-order valence-electron chi connectivity index (χ2n) is 8.47. The van der Waals surface area contributed by atoms with Gasteiger partial charge in [-0.1, -0.05) is 31.4 Å². The second kappa shape index (κ2) is 6.72. The number of rotatable bonds is 1. The molecule has 0 radical (unpaired) electrons. The second-order valence-corrected chi connectivity index (χ2v) is 9.58. The van der Waals surface area contributed by atoms with Crippen molar-refractivity contribution in [2.75, 3.05) is 0 Å². The zero-order valence-corrected chi connectivity index (χ0v) is 15.9. The summed E-state index contributed by atoms with van der Waals surface area (Å²) in [5.74, 6) is 1.52. The minimum atomic E-state index is 0.109. The third-order valence-electron chi connectivity index (χ3n) is 7.09. The van der Waals surface area contributed by atoms with Gasteiger partial charge in [-0.3, -0.25) is 4.79 Å². The van der Waals surface area contributed by atoms with Crippen LogP contribution in [-0.2, 0) is 4.79 Å². The van der Waals surface area contributed by atoms with Crippen LogP contribution in [0.4, 0.5) is 0 Å². The van der Waals surface area contributed by atoms with E-state index in [1.165, 1.54) is 37.7 Å². The summed E-state index contributed by atoms with van der Waals surface area (Å²) >= 11 is 1.91. The third-order valence-corrected chi connectivity index (χ3v) is 8.39. The van der Waals surface area contributed by atoms with Crippen LogP contribution >= 0.6 is 11.8 Å². The van der Waals surface area contributed by atoms with E-state index in [1.54, 1.807) is 12.1 Å². The topological polar surface area (TPSA) is 49.3 Å². The zero-order chi connectivity index (χ0) is 17.7. The first-order valence-corrected chi connectivity index (χ1v) is 11.1. The van der Waals surface area contributed by atoms with Crippen LogP contribution in [0.5, 0.6) is 5.75 Å². The number of carbonyl (C=O) groups is 1. The average molecular weight is 370 g/mol. The number of Topliss-reactive ketones (excluding diaryl/α,β-unsaturated/α-hetero) is 1. The number of benzene rings is 1. The molecule has 4 aliphatic rings. The van der Waals surface area contributed by atoms with Crippen molar-refractivity contribution in [1.29, 1.82) is 0 Å². The van der Waals surface area contributed by atoms with Gasteiger partial charge < -0.3 is 10.4 Å². The van der Waals surface area contributed by atoms with E-state index in [-0.39, 0.29) is 12.0 Å². The molecule has 0 amide bonds. The molecule has 3 aliphatic carbocycles. The molecule has 138 valence electrons. The molecule has 0 spiro atoms. The van der Waals surface area contributed by atoms with Gasteiger partial charge in [-0.25, -0.2) is 0 Å². The number of nitrogens with one attached hydrogen (secondary N) is 1. The molecule has 3 fully saturated rings. The van der Waals surface area contributed by atoms with Crippen LogP contribution < -0.4 is 5.32 Å². The normalized spacial score (nSPS) is 39.4. The first-order valence-electron chi connectivity index (χ1n) is 10.2. The Morgan fingerprint density at radius 2 is 1.81 bits per heavy atom. The number of aromatic hydroxyl groups is 1. The van der Waals surface area contributed by atoms with Crippen LogP contribution in [0.2, 0.25) is 0 Å². The maximum absolute atomic E-state index is 13.4. The molecule has 4 heteroatoms. The van der Waals surface area contributed by atoms with Gasteiger partial charge in [-0.2, -0.15) is 0 Å². The van der Waals surface area contributed by atoms with E-state index in [1.807, 2.05) is 23.9 Å². The van der Waals surface area contributed by atoms with E-state index in [2.05, 4.69) is 10.7 Å². The molecule has 6 unspecified atom stereocenters. The number of hydrogen-bond donors (Lipinski definition) is 2. The van der Waals surface area contributed by atoms with Crippen molar-refractivity contribution in [2.45, 2.75) is 68.2 Å². The zero-order valence-electron chi connectivity index (χ0n) is 15.1. The Labute approximate surface area is 159 Å². The Balaban J connectivity index is 1.47. The van der Waals surface area contributed by atoms with E-state index in [0.29, 0.717) is 34.7 Å². The van der Waals surface area contributed by atoms with Gasteiger partial charge >= 0.3 is 0 Å². The van der Waals surface area contributed by atoms with Crippen LogP contribution in [-0.4, -0.2) is 28.2 Å². The Morgan fingerprint density at radius 3 is 2.65 bits per heavy atom. The lowest BCUT2D eigenvalue weighted by atomic mass is 9.70. The molecule has 0 aromatic heterocycles. The highest BCUT2D eigenvalue weighted by Crippen LogP contribution is 2.51. The number of thioether (sulfide) groups is 1. The molecule has 0 saturated heterocycles. The van der Waals surface area contributed by atoms with Crippen molar-refractivity contribution in [3.63, 3.8) is 0 Å². The van der Waals surface area contributed by atoms with Gasteiger partial charge in [0.25, 0.3) is 0 Å². The van der Waals surface area contributed by atoms with Crippen LogP contribution in [0, 0.1) is 11.8 Å². The van der Waals surface area contributed by atoms with Crippen molar-refractivity contribution in [2.24, 2.45) is 11.8 Å². The molecule has 1 aromatic carbocycles. The van der Waals surface area contributed by atoms with Gasteiger partial charge in [0.15, 0.2) is 5.78 Å². The van der Waals surface area contributed by atoms with Crippen LogP contribution in [0.15, 0.2) is 35.2 Å². The molecular weight excluding hydrogens is 342 g/mol. The number of phenols is 1. The number of carbonyl (C=O) groups excluding carboxylic acids is 1. The van der Waals surface area contributed by atoms with Crippen LogP contribution in [0.3, 0.4) is 0 Å². The molecule has 26 heavy (non-hydrogen) atoms. The van der Waals surface area contributed by atoms with Gasteiger partial charge in [-0.15, -0.1) is 11.8 Å². The molecule has 3 nitrogen and oxygen atoms in total. The van der Waals surface area contributed by atoms with Crippen molar-refractivity contribution in [3.8, 4) is 5.75 Å². The fraction of sp³-hybridized carbons (Fsp3) is 0.591. The monoisotopic (exact) mass is 369 g/mol. The molecule has 5 rings (SSSR count). The fourth-order valence-electron chi connectivity index (χ4n) is 5.84. The average Bonchev–Trinajstić information content (AvgIpc) is 2.82. The lowest BCUT2D eigenvalue weighted by Gasteiger charge is -2.37. The predicted octanol–water partition coefficient (Wildman–Crippen LogP) is 4.37. The number of hydrogen-bond acceptors (Lipinski definition) is 4. The van der Waals surface area contributed by atoms with E-state index in [0.717, 1.165) is 18.4 Å². The number of phenolic OH excluding ortho intramolecular Hbond substituents is 1. The molecule has 1 aromatic rings. The molecule has 0 bridgehead atoms. The minimum Gasteiger partial charge on any atom is -0.508 e. The molecule has 6 atom stereocenters. The summed E-state index contributed by atoms with van der Waals surface area (Å²) in [6.45, 7) is 0. The summed E-state index contributed by atoms with van der Waals surface area (Å²) in [6, 6.07) is 8.36. The summed E-state index contributed by atoms with van der Waals surface area (Å²) in [5, 5.41) is 16.4. The van der Waals surface area contributed by atoms with E-state index in [9.17, 15) is 9.90 Å². The highest BCUT2D eigenvalue weighted by atomic mass is 32.2. The quantitative estimate of drug-likeness (QED) is 0.771. The lowest BCUT2D eigenvalue weighted by molar-refractivity contribution is -0.119. The Kier molecular flexibility index (Phi) is 4.36. The third kappa shape index (κ3) is 2.73. The SMILES string of the molecule is O=C1C2=CSC3CCCCC3NC2C2CCCC(c3ccc(O)cc3)C12. The minimum absolute atomic E-state index is 0.109. The lowest BCUT2D eigenvalue weighted by Crippen LogP contribution is -2.47. The number of ketones is 1. The predicted molar refractivity (Wildman–Crippen MR) is 105 cm³/mol. The van der Waals surface area contributed by atoms with Gasteiger partial charge in [0.1, 0.15) is 5.75 Å². The van der Waals surface area contributed by atoms with Gasteiger partial charge in [0.2, 0.25) is 0 Å². The summed E-state index contributed by atoms with van der Waals surface area (Å²) in [5.41, 5.74) is 2.27. The van der Waals surface area contributed by atoms with E-state index in [4.69, 9.17) is 0 Å². The van der Waals surface area contributed by atoms with Crippen molar-refractivity contribution in [3.05, 3.63) is 40.8 Å². The standard InChI is InChI=1S/C22H27NO2S/c24-14-10-8-13(9-11-14)15-4-3-5-16-20(15)22(25)17-12-26-19-7-2-1-6-18(19)23-21(16)17/h8-12,15-16,18-21,23-24H,1-7H2. The van der Waals surface area contributed by atoms with Crippen molar-refractivity contribution < 1.29 is 9.90 Å². The molecule has 2 N–H and O–H groups in total. The molecule has 1 aliphatic heterocycles. The maximum Gasteiger partial charge on any atom is 0.164 e. The van der Waals surface area contributed by atoms with Crippen LogP contribution in [0.25, 0.3) is 0 Å². The first-order chi connectivity index (χ1) is 12.7. The number of fused-ring (bicyclic) bond motifs is 4. The van der Waals surface area contributed by atoms with Crippen LogP contribution in [0.1, 0.15) is 56.4 Å². The maximum atomic E-state index is 13.4. The summed E-state index contributed by atoms with van der Waals surface area (Å²) < 4.78 is 0. The van der Waals surface area contributed by atoms with Gasteiger partial charge in [0.05, 0.1) is 0 Å². The molecule has 1 heterocycles. The first kappa shape index (κ1) is 16.9. The Bertz CT molecular complexity index is 728. The van der Waals surface area contributed by atoms with Gasteiger partial charge in [-0.05, 0) is 60.6 Å². The highest BCUT2D eigenvalue weighted by molar-refractivity contribution is 8.02. The molecular formula is C22H27NO2S. The van der Waals surface area contributed by atoms with Crippen molar-refractivity contribution in [1.82, 2.24) is 5.32 Å². The summed E-state index contributed by atoms with van der Waals surface area (Å²) in [4.78, 5) is 13.4. The van der Waals surface area contributed by atoms with Crippen molar-refractivity contribution >= 4 is 17.5 Å². The smallest absolute Gasteiger partial charge is 0.164 e. The fourth-order valence-corrected chi connectivity index (χ4v) is 7.13.